The molecule has 1 heterocycles. The Bertz CT molecular complexity index is 506. The molecular formula is C12H17N3O5. The van der Waals surface area contributed by atoms with Gasteiger partial charge in [0, 0.05) is 18.7 Å². The van der Waals surface area contributed by atoms with Crippen LogP contribution in [0.1, 0.15) is 6.92 Å². The van der Waals surface area contributed by atoms with Crippen LogP contribution in [0.15, 0.2) is 12.1 Å². The number of rotatable bonds is 5. The molecule has 2 rings (SSSR count). The van der Waals surface area contributed by atoms with Crippen molar-refractivity contribution in [2.45, 2.75) is 19.1 Å². The fourth-order valence-corrected chi connectivity index (χ4v) is 1.77. The lowest BCUT2D eigenvalue weighted by Gasteiger charge is -2.20. The summed E-state index contributed by atoms with van der Waals surface area (Å²) < 4.78 is 10.7. The standard InChI is InChI=1S/C12H17N3O5/c1-7(16)8(13)6-14-9-4-11-12(20-3-2-19-11)5-10(9)15(17)18/h4-5,7-8,14,16H,2-3,6,13H2,1H3. The van der Waals surface area contributed by atoms with Crippen LogP contribution in [-0.2, 0) is 0 Å². The largest absolute Gasteiger partial charge is 0.486 e. The Kier molecular flexibility index (Phi) is 4.26. The summed E-state index contributed by atoms with van der Waals surface area (Å²) >= 11 is 0. The fourth-order valence-electron chi connectivity index (χ4n) is 1.77. The van der Waals surface area contributed by atoms with Crippen LogP contribution in [0.5, 0.6) is 11.5 Å². The van der Waals surface area contributed by atoms with Gasteiger partial charge in [-0.25, -0.2) is 0 Å². The third-order valence-electron chi connectivity index (χ3n) is 3.01. The van der Waals surface area contributed by atoms with Crippen molar-refractivity contribution in [3.05, 3.63) is 22.2 Å². The minimum absolute atomic E-state index is 0.118. The van der Waals surface area contributed by atoms with Gasteiger partial charge in [0.25, 0.3) is 5.69 Å². The second kappa shape index (κ2) is 5.93. The van der Waals surface area contributed by atoms with Crippen molar-refractivity contribution in [3.63, 3.8) is 0 Å². The molecule has 1 aliphatic heterocycles. The number of nitrogens with zero attached hydrogens (tertiary/aromatic N) is 1. The van der Waals surface area contributed by atoms with Crippen molar-refractivity contribution in [2.24, 2.45) is 5.73 Å². The molecule has 8 nitrogen and oxygen atoms in total. The molecule has 1 aromatic rings. The van der Waals surface area contributed by atoms with E-state index in [0.29, 0.717) is 24.7 Å². The number of hydrogen-bond donors (Lipinski definition) is 3. The molecule has 0 saturated heterocycles. The first-order chi connectivity index (χ1) is 9.49. The highest BCUT2D eigenvalue weighted by Crippen LogP contribution is 2.39. The highest BCUT2D eigenvalue weighted by Gasteiger charge is 2.22. The summed E-state index contributed by atoms with van der Waals surface area (Å²) in [4.78, 5) is 10.6. The number of anilines is 1. The molecule has 0 aliphatic carbocycles. The van der Waals surface area contributed by atoms with Crippen molar-refractivity contribution in [1.82, 2.24) is 0 Å². The number of aliphatic hydroxyl groups is 1. The van der Waals surface area contributed by atoms with Crippen LogP contribution in [0.2, 0.25) is 0 Å². The molecule has 0 aromatic heterocycles. The van der Waals surface area contributed by atoms with Gasteiger partial charge < -0.3 is 25.6 Å². The normalized spacial score (nSPS) is 16.4. The lowest BCUT2D eigenvalue weighted by Crippen LogP contribution is -2.38. The number of ether oxygens (including phenoxy) is 2. The lowest BCUT2D eigenvalue weighted by atomic mass is 10.2. The molecule has 0 fully saturated rings. The molecule has 4 N–H and O–H groups in total. The Morgan fingerprint density at radius 2 is 2.05 bits per heavy atom. The number of nitrogens with two attached hydrogens (primary N) is 1. The van der Waals surface area contributed by atoms with Crippen LogP contribution < -0.4 is 20.5 Å². The Morgan fingerprint density at radius 3 is 2.60 bits per heavy atom. The summed E-state index contributed by atoms with van der Waals surface area (Å²) in [7, 11) is 0. The average Bonchev–Trinajstić information content (AvgIpc) is 2.43. The quantitative estimate of drug-likeness (QED) is 0.531. The van der Waals surface area contributed by atoms with Gasteiger partial charge in [-0.1, -0.05) is 0 Å². The zero-order valence-corrected chi connectivity index (χ0v) is 11.0. The van der Waals surface area contributed by atoms with Gasteiger partial charge in [-0.15, -0.1) is 0 Å². The van der Waals surface area contributed by atoms with Gasteiger partial charge in [0.1, 0.15) is 18.9 Å². The highest BCUT2D eigenvalue weighted by molar-refractivity contribution is 5.68. The summed E-state index contributed by atoms with van der Waals surface area (Å²) in [6, 6.07) is 2.31. The maximum atomic E-state index is 11.1. The van der Waals surface area contributed by atoms with E-state index in [0.717, 1.165) is 0 Å². The Labute approximate surface area is 115 Å². The van der Waals surface area contributed by atoms with E-state index in [1.165, 1.54) is 12.1 Å². The number of benzene rings is 1. The van der Waals surface area contributed by atoms with Crippen molar-refractivity contribution < 1.29 is 19.5 Å². The van der Waals surface area contributed by atoms with Gasteiger partial charge in [-0.05, 0) is 6.92 Å². The fraction of sp³-hybridized carbons (Fsp3) is 0.500. The SMILES string of the molecule is CC(O)C(N)CNc1cc2c(cc1[N+](=O)[O-])OCCO2. The molecule has 0 radical (unpaired) electrons. The third kappa shape index (κ3) is 3.09. The van der Waals surface area contributed by atoms with Gasteiger partial charge in [0.2, 0.25) is 0 Å². The maximum absolute atomic E-state index is 11.1. The average molecular weight is 283 g/mol. The molecule has 2 unspecified atom stereocenters. The number of aliphatic hydroxyl groups excluding tert-OH is 1. The minimum atomic E-state index is -0.709. The number of fused-ring (bicyclic) bond motifs is 1. The third-order valence-corrected chi connectivity index (χ3v) is 3.01. The van der Waals surface area contributed by atoms with Crippen molar-refractivity contribution in [2.75, 3.05) is 25.1 Å². The first-order valence-corrected chi connectivity index (χ1v) is 6.24. The summed E-state index contributed by atoms with van der Waals surface area (Å²) in [5, 5.41) is 23.3. The van der Waals surface area contributed by atoms with Gasteiger partial charge in [0.05, 0.1) is 17.1 Å². The van der Waals surface area contributed by atoms with E-state index >= 15 is 0 Å². The number of nitrogens with one attached hydrogen (secondary N) is 1. The minimum Gasteiger partial charge on any atom is -0.486 e. The summed E-state index contributed by atoms with van der Waals surface area (Å²) in [6.07, 6.45) is -0.709. The van der Waals surface area contributed by atoms with E-state index < -0.39 is 17.1 Å². The summed E-state index contributed by atoms with van der Waals surface area (Å²) in [5.41, 5.74) is 5.86. The van der Waals surface area contributed by atoms with Crippen LogP contribution in [0.3, 0.4) is 0 Å². The number of nitro benzene ring substituents is 1. The predicted octanol–water partition coefficient (Wildman–Crippen LogP) is 0.486. The molecule has 0 bridgehead atoms. The zero-order chi connectivity index (χ0) is 14.7. The van der Waals surface area contributed by atoms with Crippen LogP contribution in [0.25, 0.3) is 0 Å². The predicted molar refractivity (Wildman–Crippen MR) is 72.2 cm³/mol. The molecule has 20 heavy (non-hydrogen) atoms. The summed E-state index contributed by atoms with van der Waals surface area (Å²) in [6.45, 7) is 2.53. The zero-order valence-electron chi connectivity index (χ0n) is 11.0. The second-order valence-electron chi connectivity index (χ2n) is 4.56. The number of nitro groups is 1. The molecule has 110 valence electrons. The van der Waals surface area contributed by atoms with Gasteiger partial charge in [-0.2, -0.15) is 0 Å². The van der Waals surface area contributed by atoms with E-state index in [-0.39, 0.29) is 17.9 Å². The van der Waals surface area contributed by atoms with Crippen LogP contribution >= 0.6 is 0 Å². The Balaban J connectivity index is 2.23. The molecule has 0 spiro atoms. The smallest absolute Gasteiger partial charge is 0.296 e. The molecule has 1 aromatic carbocycles. The molecule has 0 amide bonds. The first kappa shape index (κ1) is 14.4. The van der Waals surface area contributed by atoms with Crippen LogP contribution in [-0.4, -0.2) is 41.9 Å². The molecule has 2 atom stereocenters. The van der Waals surface area contributed by atoms with Gasteiger partial charge in [-0.3, -0.25) is 10.1 Å². The molecule has 8 heteroatoms. The highest BCUT2D eigenvalue weighted by atomic mass is 16.6. The number of hydrogen-bond acceptors (Lipinski definition) is 7. The maximum Gasteiger partial charge on any atom is 0.296 e. The van der Waals surface area contributed by atoms with E-state index in [9.17, 15) is 15.2 Å². The monoisotopic (exact) mass is 283 g/mol. The van der Waals surface area contributed by atoms with E-state index in [4.69, 9.17) is 15.2 Å². The van der Waals surface area contributed by atoms with E-state index in [1.54, 1.807) is 6.92 Å². The Morgan fingerprint density at radius 1 is 1.45 bits per heavy atom. The molecule has 1 aliphatic rings. The summed E-state index contributed by atoms with van der Waals surface area (Å²) in [5.74, 6) is 0.809. The van der Waals surface area contributed by atoms with Crippen LogP contribution in [0.4, 0.5) is 11.4 Å². The molecule has 0 saturated carbocycles. The van der Waals surface area contributed by atoms with Crippen molar-refractivity contribution >= 4 is 11.4 Å². The van der Waals surface area contributed by atoms with Crippen molar-refractivity contribution in [1.29, 1.82) is 0 Å². The first-order valence-electron chi connectivity index (χ1n) is 6.24. The van der Waals surface area contributed by atoms with Crippen molar-refractivity contribution in [3.8, 4) is 11.5 Å². The molecular weight excluding hydrogens is 266 g/mol. The van der Waals surface area contributed by atoms with E-state index in [2.05, 4.69) is 5.32 Å². The van der Waals surface area contributed by atoms with Gasteiger partial charge >= 0.3 is 0 Å². The second-order valence-corrected chi connectivity index (χ2v) is 4.56. The lowest BCUT2D eigenvalue weighted by molar-refractivity contribution is -0.384. The topological polar surface area (TPSA) is 120 Å². The van der Waals surface area contributed by atoms with Crippen LogP contribution in [0, 0.1) is 10.1 Å². The van der Waals surface area contributed by atoms with Gasteiger partial charge in [0.15, 0.2) is 11.5 Å². The Hall–Kier alpha value is -2.06. The van der Waals surface area contributed by atoms with E-state index in [1.807, 2.05) is 0 Å².